The molecule has 88 valence electrons. The van der Waals surface area contributed by atoms with Crippen LogP contribution in [-0.4, -0.2) is 47.8 Å². The van der Waals surface area contributed by atoms with Crippen LogP contribution in [0.1, 0.15) is 33.1 Å². The highest BCUT2D eigenvalue weighted by Gasteiger charge is 2.28. The molecule has 0 aromatic rings. The fourth-order valence-corrected chi connectivity index (χ4v) is 1.60. The van der Waals surface area contributed by atoms with Crippen molar-refractivity contribution >= 4 is 5.97 Å². The van der Waals surface area contributed by atoms with E-state index < -0.39 is 0 Å². The zero-order chi connectivity index (χ0) is 11.3. The largest absolute Gasteiger partial charge is 0.463 e. The highest BCUT2D eigenvalue weighted by Crippen LogP contribution is 2.26. The molecule has 1 N–H and O–H groups in total. The number of aliphatic hydroxyl groups is 1. The Morgan fingerprint density at radius 2 is 2.13 bits per heavy atom. The maximum absolute atomic E-state index is 11.3. The number of hydrogen-bond donors (Lipinski definition) is 1. The van der Waals surface area contributed by atoms with Crippen LogP contribution in [0.15, 0.2) is 0 Å². The summed E-state index contributed by atoms with van der Waals surface area (Å²) < 4.78 is 5.05. The molecular weight excluding hydrogens is 194 g/mol. The van der Waals surface area contributed by atoms with E-state index in [-0.39, 0.29) is 18.7 Å². The van der Waals surface area contributed by atoms with Gasteiger partial charge in [0.05, 0.1) is 19.1 Å². The molecular formula is C11H21NO3. The normalized spacial score (nSPS) is 16.1. The van der Waals surface area contributed by atoms with Crippen molar-refractivity contribution in [2.45, 2.75) is 45.3 Å². The summed E-state index contributed by atoms with van der Waals surface area (Å²) in [5.74, 6) is -0.145. The van der Waals surface area contributed by atoms with E-state index in [1.165, 1.54) is 12.8 Å². The number of ether oxygens (including phenoxy) is 1. The molecule has 0 aliphatic heterocycles. The standard InChI is InChI=1S/C11H21NO3/c1-9(2)15-11(14)5-6-12(7-8-13)10-3-4-10/h9-10,13H,3-8H2,1-2H3. The average Bonchev–Trinajstić information content (AvgIpc) is 2.94. The van der Waals surface area contributed by atoms with E-state index in [1.807, 2.05) is 13.8 Å². The first kappa shape index (κ1) is 12.5. The Hall–Kier alpha value is -0.610. The summed E-state index contributed by atoms with van der Waals surface area (Å²) in [6, 6.07) is 0.587. The molecule has 1 rings (SSSR count). The fourth-order valence-electron chi connectivity index (χ4n) is 1.60. The first-order valence-corrected chi connectivity index (χ1v) is 5.68. The van der Waals surface area contributed by atoms with Gasteiger partial charge in [-0.25, -0.2) is 0 Å². The first-order chi connectivity index (χ1) is 7.13. The Morgan fingerprint density at radius 1 is 1.47 bits per heavy atom. The highest BCUT2D eigenvalue weighted by atomic mass is 16.5. The van der Waals surface area contributed by atoms with E-state index in [0.717, 1.165) is 0 Å². The van der Waals surface area contributed by atoms with Crippen LogP contribution in [0.3, 0.4) is 0 Å². The molecule has 0 heterocycles. The Morgan fingerprint density at radius 3 is 2.60 bits per heavy atom. The van der Waals surface area contributed by atoms with Gasteiger partial charge in [0.25, 0.3) is 0 Å². The van der Waals surface area contributed by atoms with Crippen LogP contribution < -0.4 is 0 Å². The molecule has 15 heavy (non-hydrogen) atoms. The van der Waals surface area contributed by atoms with Gasteiger partial charge in [-0.05, 0) is 26.7 Å². The number of carbonyl (C=O) groups excluding carboxylic acids is 1. The molecule has 0 radical (unpaired) electrons. The Balaban J connectivity index is 2.17. The second-order valence-electron chi connectivity index (χ2n) is 4.28. The van der Waals surface area contributed by atoms with Crippen molar-refractivity contribution in [2.75, 3.05) is 19.7 Å². The molecule has 1 fully saturated rings. The van der Waals surface area contributed by atoms with Crippen LogP contribution in [0.2, 0.25) is 0 Å². The zero-order valence-corrected chi connectivity index (χ0v) is 9.61. The summed E-state index contributed by atoms with van der Waals surface area (Å²) in [6.07, 6.45) is 2.78. The molecule has 0 atom stereocenters. The van der Waals surface area contributed by atoms with E-state index >= 15 is 0 Å². The minimum Gasteiger partial charge on any atom is -0.463 e. The van der Waals surface area contributed by atoms with Gasteiger partial charge in [0.2, 0.25) is 0 Å². The molecule has 0 aromatic carbocycles. The number of rotatable bonds is 7. The summed E-state index contributed by atoms with van der Waals surface area (Å²) in [5.41, 5.74) is 0. The highest BCUT2D eigenvalue weighted by molar-refractivity contribution is 5.69. The van der Waals surface area contributed by atoms with Gasteiger partial charge < -0.3 is 9.84 Å². The molecule has 4 heteroatoms. The van der Waals surface area contributed by atoms with Crippen molar-refractivity contribution < 1.29 is 14.6 Å². The lowest BCUT2D eigenvalue weighted by atomic mass is 10.3. The van der Waals surface area contributed by atoms with Gasteiger partial charge in [-0.15, -0.1) is 0 Å². The molecule has 1 aliphatic rings. The molecule has 1 aliphatic carbocycles. The van der Waals surface area contributed by atoms with Crippen molar-refractivity contribution in [3.63, 3.8) is 0 Å². The maximum atomic E-state index is 11.3. The topological polar surface area (TPSA) is 49.8 Å². The lowest BCUT2D eigenvalue weighted by Crippen LogP contribution is -2.32. The van der Waals surface area contributed by atoms with E-state index in [2.05, 4.69) is 4.90 Å². The van der Waals surface area contributed by atoms with Gasteiger partial charge in [-0.1, -0.05) is 0 Å². The van der Waals surface area contributed by atoms with E-state index in [9.17, 15) is 4.79 Å². The third-order valence-corrected chi connectivity index (χ3v) is 2.42. The molecule has 4 nitrogen and oxygen atoms in total. The van der Waals surface area contributed by atoms with Crippen LogP contribution in [-0.2, 0) is 9.53 Å². The summed E-state index contributed by atoms with van der Waals surface area (Å²) in [5, 5.41) is 8.87. The molecule has 0 amide bonds. The van der Waals surface area contributed by atoms with Gasteiger partial charge in [-0.3, -0.25) is 9.69 Å². The summed E-state index contributed by atoms with van der Waals surface area (Å²) in [6.45, 7) is 5.24. The predicted octanol–water partition coefficient (Wildman–Crippen LogP) is 0.785. The van der Waals surface area contributed by atoms with Gasteiger partial charge >= 0.3 is 5.97 Å². The molecule has 1 saturated carbocycles. The zero-order valence-electron chi connectivity index (χ0n) is 9.61. The Bertz CT molecular complexity index is 202. The van der Waals surface area contributed by atoms with Crippen LogP contribution in [0.5, 0.6) is 0 Å². The van der Waals surface area contributed by atoms with Crippen molar-refractivity contribution in [1.82, 2.24) is 4.90 Å². The Labute approximate surface area is 91.2 Å². The first-order valence-electron chi connectivity index (χ1n) is 5.68. The predicted molar refractivity (Wildman–Crippen MR) is 57.5 cm³/mol. The second kappa shape index (κ2) is 6.08. The van der Waals surface area contributed by atoms with Crippen LogP contribution in [0.4, 0.5) is 0 Å². The van der Waals surface area contributed by atoms with E-state index in [0.29, 0.717) is 25.6 Å². The number of aliphatic hydroxyl groups excluding tert-OH is 1. The van der Waals surface area contributed by atoms with Gasteiger partial charge in [0.1, 0.15) is 0 Å². The number of hydrogen-bond acceptors (Lipinski definition) is 4. The molecule has 0 bridgehead atoms. The van der Waals surface area contributed by atoms with Crippen molar-refractivity contribution in [3.05, 3.63) is 0 Å². The van der Waals surface area contributed by atoms with Gasteiger partial charge in [-0.2, -0.15) is 0 Å². The molecule has 0 spiro atoms. The minimum atomic E-state index is -0.145. The van der Waals surface area contributed by atoms with Crippen molar-refractivity contribution in [1.29, 1.82) is 0 Å². The smallest absolute Gasteiger partial charge is 0.307 e. The molecule has 0 unspecified atom stereocenters. The van der Waals surface area contributed by atoms with Crippen LogP contribution in [0.25, 0.3) is 0 Å². The van der Waals surface area contributed by atoms with E-state index in [4.69, 9.17) is 9.84 Å². The summed E-state index contributed by atoms with van der Waals surface area (Å²) in [7, 11) is 0. The Kier molecular flexibility index (Phi) is 5.05. The second-order valence-corrected chi connectivity index (χ2v) is 4.28. The lowest BCUT2D eigenvalue weighted by Gasteiger charge is -2.20. The quantitative estimate of drug-likeness (QED) is 0.638. The van der Waals surface area contributed by atoms with E-state index in [1.54, 1.807) is 0 Å². The third kappa shape index (κ3) is 5.14. The summed E-state index contributed by atoms with van der Waals surface area (Å²) in [4.78, 5) is 13.5. The van der Waals surface area contributed by atoms with Crippen LogP contribution >= 0.6 is 0 Å². The monoisotopic (exact) mass is 215 g/mol. The molecule has 0 saturated heterocycles. The lowest BCUT2D eigenvalue weighted by molar-refractivity contribution is -0.147. The average molecular weight is 215 g/mol. The van der Waals surface area contributed by atoms with Crippen LogP contribution in [0, 0.1) is 0 Å². The third-order valence-electron chi connectivity index (χ3n) is 2.42. The SMILES string of the molecule is CC(C)OC(=O)CCN(CCO)C1CC1. The number of nitrogens with zero attached hydrogens (tertiary/aromatic N) is 1. The van der Waals surface area contributed by atoms with Gasteiger partial charge in [0, 0.05) is 19.1 Å². The van der Waals surface area contributed by atoms with Gasteiger partial charge in [0.15, 0.2) is 0 Å². The van der Waals surface area contributed by atoms with Crippen molar-refractivity contribution in [3.8, 4) is 0 Å². The van der Waals surface area contributed by atoms with Crippen molar-refractivity contribution in [2.24, 2.45) is 0 Å². The number of esters is 1. The minimum absolute atomic E-state index is 0.0373. The molecule has 0 aromatic heterocycles. The fraction of sp³-hybridized carbons (Fsp3) is 0.909. The maximum Gasteiger partial charge on any atom is 0.307 e. The summed E-state index contributed by atoms with van der Waals surface area (Å²) >= 11 is 0. The number of carbonyl (C=O) groups is 1.